The number of likely N-dealkylation sites (tertiary alicyclic amines) is 1. The maximum absolute atomic E-state index is 13.5. The zero-order valence-electron chi connectivity index (χ0n) is 22.3. The van der Waals surface area contributed by atoms with Crippen LogP contribution in [0.3, 0.4) is 0 Å². The number of ether oxygens (including phenoxy) is 2. The van der Waals surface area contributed by atoms with Crippen LogP contribution < -0.4 is 10.0 Å². The summed E-state index contributed by atoms with van der Waals surface area (Å²) in [6, 6.07) is 11.2. The maximum Gasteiger partial charge on any atom is 0.410 e. The van der Waals surface area contributed by atoms with Gasteiger partial charge >= 0.3 is 12.1 Å². The highest BCUT2D eigenvalue weighted by Crippen LogP contribution is 2.25. The first-order valence-electron chi connectivity index (χ1n) is 12.3. The lowest BCUT2D eigenvalue weighted by molar-refractivity contribution is -0.143. The zero-order chi connectivity index (χ0) is 28.1. The van der Waals surface area contributed by atoms with Crippen LogP contribution in [0.15, 0.2) is 59.5 Å². The largest absolute Gasteiger partial charge is 0.468 e. The highest BCUT2D eigenvalue weighted by molar-refractivity contribution is 7.89. The van der Waals surface area contributed by atoms with Crippen LogP contribution in [0, 0.1) is 6.92 Å². The molecule has 1 saturated heterocycles. The summed E-state index contributed by atoms with van der Waals surface area (Å²) in [5.74, 6) is -1.42. The van der Waals surface area contributed by atoms with E-state index in [-0.39, 0.29) is 4.90 Å². The van der Waals surface area contributed by atoms with E-state index in [0.29, 0.717) is 24.9 Å². The van der Waals surface area contributed by atoms with Crippen LogP contribution in [0.1, 0.15) is 50.8 Å². The number of rotatable bonds is 8. The molecule has 2 N–H and O–H groups in total. The van der Waals surface area contributed by atoms with Gasteiger partial charge in [-0.1, -0.05) is 48.0 Å². The molecule has 2 amide bonds. The van der Waals surface area contributed by atoms with Gasteiger partial charge < -0.3 is 14.8 Å². The van der Waals surface area contributed by atoms with E-state index in [1.165, 1.54) is 17.0 Å². The average molecular weight is 546 g/mol. The number of carbonyl (C=O) groups excluding carboxylic acids is 3. The number of carbonyl (C=O) groups is 3. The molecule has 2 aromatic carbocycles. The van der Waals surface area contributed by atoms with Gasteiger partial charge in [-0.25, -0.2) is 13.2 Å². The number of sulfonamides is 1. The van der Waals surface area contributed by atoms with Crippen LogP contribution in [0.5, 0.6) is 0 Å². The molecule has 1 heterocycles. The zero-order valence-corrected chi connectivity index (χ0v) is 23.1. The Labute approximate surface area is 223 Å². The predicted octanol–water partition coefficient (Wildman–Crippen LogP) is 3.07. The standard InChI is InChI=1S/C27H35N3O7S/c1-18-13-15-20(16-14-18)38(34,35)29-23(25(32)36-5)22(19-10-7-6-8-11-19)28-24(31)21-12-9-17-30(21)26(33)37-27(2,3)4/h6-8,10-11,13-16,21-23,29H,9,12,17H2,1-5H3,(H,28,31)/t21-,22-,23-/m0/s1. The van der Waals surface area contributed by atoms with Crippen molar-refractivity contribution in [3.05, 3.63) is 65.7 Å². The first-order chi connectivity index (χ1) is 17.8. The van der Waals surface area contributed by atoms with Crippen molar-refractivity contribution >= 4 is 28.0 Å². The molecule has 3 atom stereocenters. The smallest absolute Gasteiger partial charge is 0.410 e. The van der Waals surface area contributed by atoms with E-state index in [9.17, 15) is 22.8 Å². The second kappa shape index (κ2) is 12.0. The summed E-state index contributed by atoms with van der Waals surface area (Å²) in [6.45, 7) is 7.38. The van der Waals surface area contributed by atoms with Crippen LogP contribution in [0.4, 0.5) is 4.79 Å². The molecule has 206 valence electrons. The predicted molar refractivity (Wildman–Crippen MR) is 141 cm³/mol. The van der Waals surface area contributed by atoms with E-state index >= 15 is 0 Å². The van der Waals surface area contributed by atoms with Gasteiger partial charge in [0.25, 0.3) is 0 Å². The monoisotopic (exact) mass is 545 g/mol. The number of benzene rings is 2. The molecule has 0 spiro atoms. The fourth-order valence-corrected chi connectivity index (χ4v) is 5.38. The lowest BCUT2D eigenvalue weighted by Crippen LogP contribution is -2.54. The quantitative estimate of drug-likeness (QED) is 0.488. The summed E-state index contributed by atoms with van der Waals surface area (Å²) < 4.78 is 39.3. The number of methoxy groups -OCH3 is 1. The number of amides is 2. The van der Waals surface area contributed by atoms with E-state index in [1.807, 2.05) is 6.92 Å². The van der Waals surface area contributed by atoms with Crippen molar-refractivity contribution in [2.75, 3.05) is 13.7 Å². The second-order valence-corrected chi connectivity index (χ2v) is 11.9. The number of nitrogens with one attached hydrogen (secondary N) is 2. The van der Waals surface area contributed by atoms with Gasteiger partial charge in [-0.05, 0) is 58.2 Å². The molecule has 0 aromatic heterocycles. The highest BCUT2D eigenvalue weighted by atomic mass is 32.2. The lowest BCUT2D eigenvalue weighted by Gasteiger charge is -2.31. The van der Waals surface area contributed by atoms with Gasteiger partial charge in [-0.3, -0.25) is 14.5 Å². The molecule has 1 aliphatic heterocycles. The Hall–Kier alpha value is -3.44. The van der Waals surface area contributed by atoms with E-state index in [2.05, 4.69) is 10.0 Å². The first-order valence-corrected chi connectivity index (χ1v) is 13.8. The highest BCUT2D eigenvalue weighted by Gasteiger charge is 2.41. The normalized spacial score (nSPS) is 17.4. The third kappa shape index (κ3) is 7.32. The molecule has 2 aromatic rings. The van der Waals surface area contributed by atoms with E-state index in [0.717, 1.165) is 12.7 Å². The van der Waals surface area contributed by atoms with Gasteiger partial charge in [-0.15, -0.1) is 0 Å². The summed E-state index contributed by atoms with van der Waals surface area (Å²) >= 11 is 0. The maximum atomic E-state index is 13.5. The Balaban J connectivity index is 1.94. The summed E-state index contributed by atoms with van der Waals surface area (Å²) in [4.78, 5) is 40.5. The van der Waals surface area contributed by atoms with Gasteiger partial charge in [0.2, 0.25) is 15.9 Å². The van der Waals surface area contributed by atoms with Crippen LogP contribution in [0.25, 0.3) is 0 Å². The molecular formula is C27H35N3O7S. The van der Waals surface area contributed by atoms with E-state index < -0.39 is 51.7 Å². The number of aryl methyl sites for hydroxylation is 1. The van der Waals surface area contributed by atoms with Gasteiger partial charge in [0.15, 0.2) is 0 Å². The fraction of sp³-hybridized carbons (Fsp3) is 0.444. The number of esters is 1. The molecule has 10 nitrogen and oxygen atoms in total. The van der Waals surface area contributed by atoms with Crippen molar-refractivity contribution in [2.45, 2.75) is 69.2 Å². The minimum absolute atomic E-state index is 0.0398. The molecule has 0 aliphatic carbocycles. The summed E-state index contributed by atoms with van der Waals surface area (Å²) in [5.41, 5.74) is 0.607. The third-order valence-corrected chi connectivity index (χ3v) is 7.50. The minimum atomic E-state index is -4.17. The Morgan fingerprint density at radius 1 is 1.03 bits per heavy atom. The molecule has 11 heteroatoms. The Kier molecular flexibility index (Phi) is 9.16. The molecule has 0 bridgehead atoms. The SMILES string of the molecule is COC(=O)[C@@H](NS(=O)(=O)c1ccc(C)cc1)[C@@H](NC(=O)[C@@H]1CCCN1C(=O)OC(C)(C)C)c1ccccc1. The van der Waals surface area contributed by atoms with Crippen molar-refractivity contribution in [3.63, 3.8) is 0 Å². The van der Waals surface area contributed by atoms with Crippen molar-refractivity contribution in [2.24, 2.45) is 0 Å². The van der Waals surface area contributed by atoms with Crippen LogP contribution in [-0.2, 0) is 29.1 Å². The molecule has 38 heavy (non-hydrogen) atoms. The van der Waals surface area contributed by atoms with Crippen molar-refractivity contribution < 1.29 is 32.3 Å². The van der Waals surface area contributed by atoms with Crippen molar-refractivity contribution in [3.8, 4) is 0 Å². The van der Waals surface area contributed by atoms with Gasteiger partial charge in [-0.2, -0.15) is 4.72 Å². The van der Waals surface area contributed by atoms with Crippen LogP contribution in [-0.4, -0.2) is 62.6 Å². The Bertz CT molecular complexity index is 1240. The van der Waals surface area contributed by atoms with Gasteiger partial charge in [0, 0.05) is 6.54 Å². The molecule has 0 unspecified atom stereocenters. The number of hydrogen-bond acceptors (Lipinski definition) is 7. The van der Waals surface area contributed by atoms with Gasteiger partial charge in [0.05, 0.1) is 18.0 Å². The molecular weight excluding hydrogens is 510 g/mol. The second-order valence-electron chi connectivity index (χ2n) is 10.2. The first kappa shape index (κ1) is 29.1. The summed E-state index contributed by atoms with van der Waals surface area (Å²) in [5, 5.41) is 2.81. The Morgan fingerprint density at radius 3 is 2.24 bits per heavy atom. The van der Waals surface area contributed by atoms with E-state index in [4.69, 9.17) is 9.47 Å². The van der Waals surface area contributed by atoms with Crippen LogP contribution in [0.2, 0.25) is 0 Å². The fourth-order valence-electron chi connectivity index (χ4n) is 4.18. The van der Waals surface area contributed by atoms with Crippen molar-refractivity contribution in [1.82, 2.24) is 14.9 Å². The molecule has 0 saturated carbocycles. The third-order valence-electron chi connectivity index (χ3n) is 6.04. The summed E-state index contributed by atoms with van der Waals surface area (Å²) in [7, 11) is -3.03. The molecule has 1 fully saturated rings. The van der Waals surface area contributed by atoms with Crippen molar-refractivity contribution in [1.29, 1.82) is 0 Å². The topological polar surface area (TPSA) is 131 Å². The van der Waals surface area contributed by atoms with Gasteiger partial charge in [0.1, 0.15) is 17.7 Å². The lowest BCUT2D eigenvalue weighted by atomic mass is 9.99. The summed E-state index contributed by atoms with van der Waals surface area (Å²) in [6.07, 6.45) is 0.370. The molecule has 3 rings (SSSR count). The Morgan fingerprint density at radius 2 is 1.66 bits per heavy atom. The minimum Gasteiger partial charge on any atom is -0.468 e. The van der Waals surface area contributed by atoms with E-state index in [1.54, 1.807) is 63.2 Å². The number of nitrogens with zero attached hydrogens (tertiary/aromatic N) is 1. The molecule has 0 radical (unpaired) electrons. The number of hydrogen-bond donors (Lipinski definition) is 2. The van der Waals surface area contributed by atoms with Crippen LogP contribution >= 0.6 is 0 Å². The average Bonchev–Trinajstić information content (AvgIpc) is 3.36. The molecule has 1 aliphatic rings.